The summed E-state index contributed by atoms with van der Waals surface area (Å²) < 4.78 is 7.60. The number of fused-ring (bicyclic) bond motifs is 1. The molecule has 2 aromatic rings. The van der Waals surface area contributed by atoms with Crippen molar-refractivity contribution in [3.8, 4) is 0 Å². The van der Waals surface area contributed by atoms with Crippen LogP contribution in [0.2, 0.25) is 0 Å². The minimum atomic E-state index is 0.349. The Bertz CT molecular complexity index is 874. The lowest BCUT2D eigenvalue weighted by molar-refractivity contribution is 0.156. The fourth-order valence-electron chi connectivity index (χ4n) is 5.05. The summed E-state index contributed by atoms with van der Waals surface area (Å²) in [5, 5.41) is 11.9. The fraction of sp³-hybridized carbons (Fsp3) is 0.700. The number of piperidine rings is 1. The summed E-state index contributed by atoms with van der Waals surface area (Å²) in [6, 6.07) is 0. The van der Waals surface area contributed by atoms with E-state index in [-0.39, 0.29) is 0 Å². The van der Waals surface area contributed by atoms with E-state index in [2.05, 4.69) is 35.3 Å². The third-order valence-electron chi connectivity index (χ3n) is 6.70. The van der Waals surface area contributed by atoms with Crippen molar-refractivity contribution in [3.63, 3.8) is 0 Å². The number of aromatic nitrogens is 4. The Labute approximate surface area is 171 Å². The second kappa shape index (κ2) is 7.78. The smallest absolute Gasteiger partial charge is 0.203 e. The lowest BCUT2D eigenvalue weighted by Crippen LogP contribution is -2.46. The van der Waals surface area contributed by atoms with Gasteiger partial charge in [0.1, 0.15) is 6.33 Å². The molecule has 9 heteroatoms. The zero-order chi connectivity index (χ0) is 19.7. The first kappa shape index (κ1) is 18.6. The van der Waals surface area contributed by atoms with Gasteiger partial charge in [0.2, 0.25) is 5.65 Å². The van der Waals surface area contributed by atoms with Crippen molar-refractivity contribution in [1.82, 2.24) is 29.8 Å². The molecule has 0 bridgehead atoms. The number of nitrogens with one attached hydrogen (secondary N) is 1. The van der Waals surface area contributed by atoms with Crippen LogP contribution in [0.1, 0.15) is 25.7 Å². The van der Waals surface area contributed by atoms with Crippen molar-refractivity contribution in [3.05, 3.63) is 18.7 Å². The zero-order valence-electron chi connectivity index (χ0n) is 17.1. The van der Waals surface area contributed by atoms with E-state index in [4.69, 9.17) is 4.74 Å². The molecular formula is C20H30N8O. The van der Waals surface area contributed by atoms with Gasteiger partial charge in [0.15, 0.2) is 11.8 Å². The summed E-state index contributed by atoms with van der Waals surface area (Å²) >= 11 is 0. The number of ether oxygens (including phenoxy) is 1. The lowest BCUT2D eigenvalue weighted by atomic mass is 9.87. The summed E-state index contributed by atoms with van der Waals surface area (Å²) in [4.78, 5) is 13.9. The standard InChI is InChI=1S/C20H30N8O/c1-21-19(27-8-4-20(13-27)5-10-29-14-20)23-11-16-3-2-7-26(12-16)17-18-25-24-15-28(18)9-6-22-17/h6,9,15-16H,2-5,7-8,10-14H2,1H3,(H,21,23). The maximum Gasteiger partial charge on any atom is 0.203 e. The quantitative estimate of drug-likeness (QED) is 0.611. The molecule has 3 aliphatic heterocycles. The van der Waals surface area contributed by atoms with Crippen LogP contribution in [0.5, 0.6) is 0 Å². The van der Waals surface area contributed by atoms with E-state index in [9.17, 15) is 0 Å². The summed E-state index contributed by atoms with van der Waals surface area (Å²) in [6.45, 7) is 6.85. The van der Waals surface area contributed by atoms with Gasteiger partial charge in [0.25, 0.3) is 0 Å². The molecule has 0 radical (unpaired) electrons. The maximum absolute atomic E-state index is 5.67. The molecule has 3 aliphatic rings. The summed E-state index contributed by atoms with van der Waals surface area (Å²) in [6.07, 6.45) is 10.2. The largest absolute Gasteiger partial charge is 0.381 e. The van der Waals surface area contributed by atoms with E-state index in [1.807, 2.05) is 23.8 Å². The number of guanidine groups is 1. The number of hydrogen-bond donors (Lipinski definition) is 1. The van der Waals surface area contributed by atoms with Crippen molar-refractivity contribution in [2.45, 2.75) is 25.7 Å². The van der Waals surface area contributed by atoms with Crippen LogP contribution in [0.4, 0.5) is 5.82 Å². The molecule has 0 aromatic carbocycles. The molecule has 2 atom stereocenters. The Kier molecular flexibility index (Phi) is 4.99. The van der Waals surface area contributed by atoms with Crippen LogP contribution in [-0.2, 0) is 4.74 Å². The van der Waals surface area contributed by atoms with Crippen LogP contribution in [-0.4, -0.2) is 83.4 Å². The second-order valence-electron chi connectivity index (χ2n) is 8.67. The summed E-state index contributed by atoms with van der Waals surface area (Å²) in [7, 11) is 1.89. The maximum atomic E-state index is 5.67. The molecule has 9 nitrogen and oxygen atoms in total. The highest BCUT2D eigenvalue weighted by atomic mass is 16.5. The summed E-state index contributed by atoms with van der Waals surface area (Å²) in [5.41, 5.74) is 1.18. The van der Waals surface area contributed by atoms with E-state index >= 15 is 0 Å². The van der Waals surface area contributed by atoms with Crippen molar-refractivity contribution in [1.29, 1.82) is 0 Å². The molecule has 3 fully saturated rings. The molecule has 5 heterocycles. The van der Waals surface area contributed by atoms with Crippen LogP contribution in [0, 0.1) is 11.3 Å². The van der Waals surface area contributed by atoms with E-state index in [1.54, 1.807) is 6.33 Å². The van der Waals surface area contributed by atoms with Crippen molar-refractivity contribution >= 4 is 17.4 Å². The molecule has 0 saturated carbocycles. The third-order valence-corrected chi connectivity index (χ3v) is 6.70. The number of hydrogen-bond acceptors (Lipinski definition) is 6. The minimum Gasteiger partial charge on any atom is -0.381 e. The molecule has 156 valence electrons. The highest BCUT2D eigenvalue weighted by Gasteiger charge is 2.42. The van der Waals surface area contributed by atoms with Gasteiger partial charge in [-0.15, -0.1) is 10.2 Å². The van der Waals surface area contributed by atoms with Gasteiger partial charge < -0.3 is 19.9 Å². The summed E-state index contributed by atoms with van der Waals surface area (Å²) in [5.74, 6) is 2.52. The zero-order valence-corrected chi connectivity index (χ0v) is 17.1. The molecule has 3 saturated heterocycles. The number of nitrogens with zero attached hydrogens (tertiary/aromatic N) is 7. The predicted octanol–water partition coefficient (Wildman–Crippen LogP) is 1.03. The first-order valence-corrected chi connectivity index (χ1v) is 10.7. The molecule has 1 spiro atoms. The Hall–Kier alpha value is -2.42. The Morgan fingerprint density at radius 3 is 3.21 bits per heavy atom. The highest BCUT2D eigenvalue weighted by molar-refractivity contribution is 5.80. The van der Waals surface area contributed by atoms with Gasteiger partial charge in [-0.05, 0) is 31.6 Å². The average Bonchev–Trinajstić information content (AvgIpc) is 3.51. The Balaban J connectivity index is 1.20. The van der Waals surface area contributed by atoms with E-state index in [1.165, 1.54) is 19.3 Å². The van der Waals surface area contributed by atoms with Crippen molar-refractivity contribution in [2.24, 2.45) is 16.3 Å². The van der Waals surface area contributed by atoms with Crippen LogP contribution < -0.4 is 10.2 Å². The first-order chi connectivity index (χ1) is 14.3. The van der Waals surface area contributed by atoms with Gasteiger partial charge in [-0.3, -0.25) is 9.39 Å². The van der Waals surface area contributed by atoms with Gasteiger partial charge in [-0.2, -0.15) is 0 Å². The van der Waals surface area contributed by atoms with Crippen LogP contribution in [0.3, 0.4) is 0 Å². The molecule has 29 heavy (non-hydrogen) atoms. The Morgan fingerprint density at radius 1 is 1.38 bits per heavy atom. The van der Waals surface area contributed by atoms with Gasteiger partial charge >= 0.3 is 0 Å². The van der Waals surface area contributed by atoms with Gasteiger partial charge in [-0.1, -0.05) is 0 Å². The van der Waals surface area contributed by atoms with Gasteiger partial charge in [-0.25, -0.2) is 4.98 Å². The molecule has 1 N–H and O–H groups in total. The number of rotatable bonds is 3. The fourth-order valence-corrected chi connectivity index (χ4v) is 5.05. The molecule has 2 aromatic heterocycles. The van der Waals surface area contributed by atoms with Crippen molar-refractivity contribution < 1.29 is 4.74 Å². The van der Waals surface area contributed by atoms with Crippen LogP contribution >= 0.6 is 0 Å². The topological polar surface area (TPSA) is 83.2 Å². The number of anilines is 1. The predicted molar refractivity (Wildman–Crippen MR) is 111 cm³/mol. The van der Waals surface area contributed by atoms with Crippen LogP contribution in [0.25, 0.3) is 5.65 Å². The first-order valence-electron chi connectivity index (χ1n) is 10.7. The highest BCUT2D eigenvalue weighted by Crippen LogP contribution is 2.38. The molecule has 5 rings (SSSR count). The lowest BCUT2D eigenvalue weighted by Gasteiger charge is -2.34. The molecule has 0 amide bonds. The monoisotopic (exact) mass is 398 g/mol. The van der Waals surface area contributed by atoms with E-state index in [0.717, 1.165) is 69.8 Å². The molecule has 2 unspecified atom stereocenters. The van der Waals surface area contributed by atoms with Crippen LogP contribution in [0.15, 0.2) is 23.7 Å². The average molecular weight is 399 g/mol. The number of aliphatic imine (C=N–C) groups is 1. The van der Waals surface area contributed by atoms with Gasteiger partial charge in [0, 0.05) is 64.2 Å². The SMILES string of the molecule is CN=C(NCC1CCCN(c2nccn3cnnc23)C1)N1CCC2(CCOC2)C1. The second-order valence-corrected chi connectivity index (χ2v) is 8.67. The number of likely N-dealkylation sites (tertiary alicyclic amines) is 1. The third kappa shape index (κ3) is 3.63. The Morgan fingerprint density at radius 2 is 2.34 bits per heavy atom. The van der Waals surface area contributed by atoms with Gasteiger partial charge in [0.05, 0.1) is 6.61 Å². The van der Waals surface area contributed by atoms with Crippen molar-refractivity contribution in [2.75, 3.05) is 57.9 Å². The normalized spacial score (nSPS) is 28.0. The van der Waals surface area contributed by atoms with E-state index < -0.39 is 0 Å². The minimum absolute atomic E-state index is 0.349. The van der Waals surface area contributed by atoms with E-state index in [0.29, 0.717) is 11.3 Å². The molecule has 0 aliphatic carbocycles. The molecular weight excluding hydrogens is 368 g/mol.